The summed E-state index contributed by atoms with van der Waals surface area (Å²) in [6.07, 6.45) is 23.6. The number of nitrogens with one attached hydrogen (secondary N) is 2. The van der Waals surface area contributed by atoms with Gasteiger partial charge in [-0.25, -0.2) is 0 Å². The van der Waals surface area contributed by atoms with Crippen molar-refractivity contribution in [1.82, 2.24) is 15.5 Å². The summed E-state index contributed by atoms with van der Waals surface area (Å²) in [4.78, 5) is 28.8. The molecule has 2 unspecified atom stereocenters. The molecule has 5 saturated carbocycles. The Hall–Kier alpha value is -1.43. The highest BCUT2D eigenvalue weighted by Crippen LogP contribution is 2.65. The molecule has 0 bridgehead atoms. The maximum absolute atomic E-state index is 14.6. The fourth-order valence-electron chi connectivity index (χ4n) is 10.5. The Balaban J connectivity index is 1.18. The fraction of sp³-hybridized carbons (Fsp3) is 0.853. The van der Waals surface area contributed by atoms with Crippen molar-refractivity contribution in [2.24, 2.45) is 46.3 Å². The molecule has 0 aromatic carbocycles. The topological polar surface area (TPSA) is 61.4 Å². The zero-order valence-electron chi connectivity index (χ0n) is 25.1. The van der Waals surface area contributed by atoms with E-state index in [4.69, 9.17) is 12.2 Å². The average Bonchev–Trinajstić information content (AvgIpc) is 3.33. The highest BCUT2D eigenvalue weighted by atomic mass is 32.1. The van der Waals surface area contributed by atoms with E-state index in [9.17, 15) is 9.59 Å². The normalized spacial score (nSPS) is 40.0. The average molecular weight is 568 g/mol. The largest absolute Gasteiger partial charge is 0.362 e. The van der Waals surface area contributed by atoms with Gasteiger partial charge in [0.1, 0.15) is 0 Å². The Labute approximate surface area is 248 Å². The number of rotatable bonds is 5. The minimum absolute atomic E-state index is 0.0396. The molecular formula is C34H53N3O2S. The third kappa shape index (κ3) is 5.28. The van der Waals surface area contributed by atoms with Gasteiger partial charge in [-0.2, -0.15) is 0 Å². The molecule has 2 amide bonds. The first-order valence-corrected chi connectivity index (χ1v) is 17.3. The standard InChI is InChI=1S/C34H53N3O2S/c1-33-19-17-27-25(13-16-29-34(27,2)20-18-30(38)36-29)26(33)14-15-28(33)31(39)37(22-24-11-7-4-8-12-24)32(40)35-21-23-9-5-3-6-10-23/h18,20,23-29H,3-17,19,21-22H2,1-2H3,(H,35,40)(H,36,38)/t25-,26-,27+,28?,29?,33-,34+/m0/s1. The van der Waals surface area contributed by atoms with E-state index in [0.717, 1.165) is 45.2 Å². The summed E-state index contributed by atoms with van der Waals surface area (Å²) in [6.45, 7) is 6.56. The van der Waals surface area contributed by atoms with Crippen LogP contribution in [0.25, 0.3) is 0 Å². The van der Waals surface area contributed by atoms with E-state index in [1.165, 1.54) is 70.6 Å². The van der Waals surface area contributed by atoms with E-state index in [-0.39, 0.29) is 28.7 Å². The molecule has 2 N–H and O–H groups in total. The van der Waals surface area contributed by atoms with Gasteiger partial charge in [0.15, 0.2) is 5.11 Å². The Bertz CT molecular complexity index is 1000. The van der Waals surface area contributed by atoms with Crippen LogP contribution < -0.4 is 10.6 Å². The highest BCUT2D eigenvalue weighted by molar-refractivity contribution is 7.80. The van der Waals surface area contributed by atoms with Gasteiger partial charge in [0.25, 0.3) is 0 Å². The fourth-order valence-corrected chi connectivity index (χ4v) is 10.8. The molecule has 6 aliphatic rings. The van der Waals surface area contributed by atoms with Gasteiger partial charge < -0.3 is 10.6 Å². The minimum atomic E-state index is 0.0396. The predicted molar refractivity (Wildman–Crippen MR) is 164 cm³/mol. The Kier molecular flexibility index (Phi) is 8.38. The van der Waals surface area contributed by atoms with Crippen LogP contribution in [-0.2, 0) is 9.59 Å². The second-order valence-corrected chi connectivity index (χ2v) is 15.4. The lowest BCUT2D eigenvalue weighted by atomic mass is 9.48. The summed E-state index contributed by atoms with van der Waals surface area (Å²) in [5, 5.41) is 7.60. The number of fused-ring (bicyclic) bond motifs is 5. The minimum Gasteiger partial charge on any atom is -0.362 e. The lowest BCUT2D eigenvalue weighted by Crippen LogP contribution is -2.60. The Morgan fingerprint density at radius 2 is 1.62 bits per heavy atom. The molecule has 0 saturated heterocycles. The van der Waals surface area contributed by atoms with E-state index in [1.54, 1.807) is 6.08 Å². The van der Waals surface area contributed by atoms with Crippen LogP contribution in [0.5, 0.6) is 0 Å². The predicted octanol–water partition coefficient (Wildman–Crippen LogP) is 6.76. The molecule has 5 fully saturated rings. The molecule has 7 atom stereocenters. The maximum Gasteiger partial charge on any atom is 0.243 e. The first kappa shape index (κ1) is 28.7. The van der Waals surface area contributed by atoms with Gasteiger partial charge in [0, 0.05) is 30.5 Å². The van der Waals surface area contributed by atoms with Gasteiger partial charge in [-0.1, -0.05) is 58.4 Å². The van der Waals surface area contributed by atoms with Crippen LogP contribution in [0.3, 0.4) is 0 Å². The summed E-state index contributed by atoms with van der Waals surface area (Å²) in [7, 11) is 0. The number of amides is 2. The maximum atomic E-state index is 14.6. The second-order valence-electron chi connectivity index (χ2n) is 15.0. The van der Waals surface area contributed by atoms with Crippen molar-refractivity contribution in [1.29, 1.82) is 0 Å². The third-order valence-corrected chi connectivity index (χ3v) is 13.3. The zero-order valence-corrected chi connectivity index (χ0v) is 25.9. The number of hydrogen-bond acceptors (Lipinski definition) is 3. The first-order chi connectivity index (χ1) is 19.3. The molecule has 6 heteroatoms. The number of carbonyl (C=O) groups excluding carboxylic acids is 2. The van der Waals surface area contributed by atoms with Crippen molar-refractivity contribution < 1.29 is 9.59 Å². The quantitative estimate of drug-likeness (QED) is 0.360. The van der Waals surface area contributed by atoms with Gasteiger partial charge in [0.05, 0.1) is 0 Å². The van der Waals surface area contributed by atoms with Gasteiger partial charge in [-0.05, 0) is 118 Å². The van der Waals surface area contributed by atoms with E-state index >= 15 is 0 Å². The molecule has 222 valence electrons. The number of thiocarbonyl (C=S) groups is 1. The molecule has 1 heterocycles. The van der Waals surface area contributed by atoms with Crippen LogP contribution in [0.1, 0.15) is 117 Å². The number of nitrogens with zero attached hydrogens (tertiary/aromatic N) is 1. The summed E-state index contributed by atoms with van der Waals surface area (Å²) in [5.74, 6) is 3.55. The highest BCUT2D eigenvalue weighted by Gasteiger charge is 2.61. The molecule has 5 aliphatic carbocycles. The summed E-state index contributed by atoms with van der Waals surface area (Å²) >= 11 is 6.04. The van der Waals surface area contributed by atoms with Crippen LogP contribution >= 0.6 is 12.2 Å². The van der Waals surface area contributed by atoms with Crippen molar-refractivity contribution in [3.05, 3.63) is 12.2 Å². The summed E-state index contributed by atoms with van der Waals surface area (Å²) in [6, 6.07) is 0.257. The van der Waals surface area contributed by atoms with Crippen LogP contribution in [0.4, 0.5) is 0 Å². The molecule has 0 radical (unpaired) electrons. The van der Waals surface area contributed by atoms with Gasteiger partial charge in [-0.3, -0.25) is 14.5 Å². The number of carbonyl (C=O) groups is 2. The second kappa shape index (κ2) is 11.7. The monoisotopic (exact) mass is 567 g/mol. The van der Waals surface area contributed by atoms with Crippen LogP contribution in [0, 0.1) is 46.3 Å². The molecule has 0 aromatic heterocycles. The lowest BCUT2D eigenvalue weighted by molar-refractivity contribution is -0.140. The molecule has 6 rings (SSSR count). The Morgan fingerprint density at radius 1 is 0.925 bits per heavy atom. The molecule has 0 aromatic rings. The van der Waals surface area contributed by atoms with Crippen molar-refractivity contribution >= 4 is 29.1 Å². The van der Waals surface area contributed by atoms with E-state index in [2.05, 4.69) is 35.5 Å². The van der Waals surface area contributed by atoms with E-state index < -0.39 is 0 Å². The number of hydrogen-bond donors (Lipinski definition) is 2. The molecular weight excluding hydrogens is 514 g/mol. The smallest absolute Gasteiger partial charge is 0.243 e. The molecule has 1 aliphatic heterocycles. The van der Waals surface area contributed by atoms with Gasteiger partial charge in [0.2, 0.25) is 11.8 Å². The van der Waals surface area contributed by atoms with E-state index in [0.29, 0.717) is 40.6 Å². The molecule has 0 spiro atoms. The van der Waals surface area contributed by atoms with Crippen LogP contribution in [0.2, 0.25) is 0 Å². The molecule has 40 heavy (non-hydrogen) atoms. The van der Waals surface area contributed by atoms with Crippen molar-refractivity contribution in [2.45, 2.75) is 123 Å². The SMILES string of the molecule is C[C@]12C=CC(=O)NC1CC[C@@H]1[C@H]2CC[C@]2(C)C(C(=O)N(CC3CCCCC3)C(=S)NCC3CCCCC3)CC[C@@H]12. The zero-order chi connectivity index (χ0) is 27.9. The summed E-state index contributed by atoms with van der Waals surface area (Å²) < 4.78 is 0. The third-order valence-electron chi connectivity index (χ3n) is 12.9. The van der Waals surface area contributed by atoms with Crippen LogP contribution in [0.15, 0.2) is 12.2 Å². The van der Waals surface area contributed by atoms with Gasteiger partial charge >= 0.3 is 0 Å². The van der Waals surface area contributed by atoms with Crippen molar-refractivity contribution in [2.75, 3.05) is 13.1 Å². The first-order valence-electron chi connectivity index (χ1n) is 16.9. The lowest BCUT2D eigenvalue weighted by Gasteiger charge is -2.58. The van der Waals surface area contributed by atoms with Gasteiger partial charge in [-0.15, -0.1) is 0 Å². The van der Waals surface area contributed by atoms with Crippen LogP contribution in [-0.4, -0.2) is 41.0 Å². The Morgan fingerprint density at radius 3 is 2.35 bits per heavy atom. The van der Waals surface area contributed by atoms with Crippen molar-refractivity contribution in [3.63, 3.8) is 0 Å². The van der Waals surface area contributed by atoms with Crippen molar-refractivity contribution in [3.8, 4) is 0 Å². The van der Waals surface area contributed by atoms with E-state index in [1.807, 2.05) is 0 Å². The molecule has 5 nitrogen and oxygen atoms in total. The summed E-state index contributed by atoms with van der Waals surface area (Å²) in [5.41, 5.74) is 0.0880.